The van der Waals surface area contributed by atoms with Crippen molar-refractivity contribution in [2.24, 2.45) is 5.10 Å². The van der Waals surface area contributed by atoms with Gasteiger partial charge in [0.25, 0.3) is 5.91 Å². The number of nitrogens with one attached hydrogen (secondary N) is 1. The molecule has 1 amide bonds. The highest BCUT2D eigenvalue weighted by Gasteiger charge is 2.07. The van der Waals surface area contributed by atoms with Crippen LogP contribution in [-0.4, -0.2) is 11.6 Å². The third kappa shape index (κ3) is 4.83. The summed E-state index contributed by atoms with van der Waals surface area (Å²) in [6, 6.07) is 13.7. The number of carbonyl (C=O) groups excluding carboxylic acids is 1. The first kappa shape index (κ1) is 15.4. The Morgan fingerprint density at radius 1 is 1.14 bits per heavy atom. The molecule has 0 aliphatic heterocycles. The maximum absolute atomic E-state index is 12.0. The van der Waals surface area contributed by atoms with Crippen LogP contribution in [0.5, 0.6) is 0 Å². The molecule has 0 radical (unpaired) electrons. The second-order valence-electron chi connectivity index (χ2n) is 4.80. The van der Waals surface area contributed by atoms with Gasteiger partial charge in [-0.15, -0.1) is 11.3 Å². The molecule has 0 fully saturated rings. The van der Waals surface area contributed by atoms with Gasteiger partial charge in [-0.05, 0) is 29.9 Å². The van der Waals surface area contributed by atoms with E-state index in [0.717, 1.165) is 24.1 Å². The summed E-state index contributed by atoms with van der Waals surface area (Å²) in [6.45, 7) is 2.18. The topological polar surface area (TPSA) is 41.5 Å². The standard InChI is InChI=1S/C17H20N2OS/c1-2-3-5-11-15(14-9-6-4-7-10-14)18-19-17(20)16-12-8-13-21-16/h4,6-10,12-13H,2-3,5,11H2,1H3,(H,19,20)/b18-15-. The molecule has 21 heavy (non-hydrogen) atoms. The molecule has 0 aliphatic carbocycles. The second kappa shape index (κ2) is 8.37. The van der Waals surface area contributed by atoms with E-state index in [1.807, 2.05) is 41.8 Å². The van der Waals surface area contributed by atoms with E-state index in [-0.39, 0.29) is 5.91 Å². The van der Waals surface area contributed by atoms with Gasteiger partial charge in [0.2, 0.25) is 0 Å². The number of hydrazone groups is 1. The molecule has 3 nitrogen and oxygen atoms in total. The third-order valence-electron chi connectivity index (χ3n) is 3.16. The fourth-order valence-corrected chi connectivity index (χ4v) is 2.63. The number of amides is 1. The minimum Gasteiger partial charge on any atom is -0.266 e. The Labute approximate surface area is 129 Å². The Hall–Kier alpha value is -1.94. The van der Waals surface area contributed by atoms with Gasteiger partial charge in [0.15, 0.2) is 0 Å². The van der Waals surface area contributed by atoms with E-state index in [0.29, 0.717) is 4.88 Å². The molecule has 1 heterocycles. The molecule has 0 saturated heterocycles. The number of rotatable bonds is 7. The van der Waals surface area contributed by atoms with Crippen molar-refractivity contribution in [1.29, 1.82) is 0 Å². The Morgan fingerprint density at radius 3 is 2.62 bits per heavy atom. The number of hydrogen-bond acceptors (Lipinski definition) is 3. The molecule has 1 aromatic heterocycles. The molecule has 110 valence electrons. The van der Waals surface area contributed by atoms with Gasteiger partial charge in [-0.25, -0.2) is 5.43 Å². The fraction of sp³-hybridized carbons (Fsp3) is 0.294. The van der Waals surface area contributed by atoms with Crippen LogP contribution in [-0.2, 0) is 0 Å². The Bertz CT molecular complexity index is 576. The quantitative estimate of drug-likeness (QED) is 0.458. The van der Waals surface area contributed by atoms with Crippen LogP contribution in [0.25, 0.3) is 0 Å². The number of benzene rings is 1. The monoisotopic (exact) mass is 300 g/mol. The van der Waals surface area contributed by atoms with Gasteiger partial charge in [-0.1, -0.05) is 56.2 Å². The highest BCUT2D eigenvalue weighted by Crippen LogP contribution is 2.10. The number of hydrogen-bond donors (Lipinski definition) is 1. The molecule has 0 spiro atoms. The van der Waals surface area contributed by atoms with E-state index in [1.165, 1.54) is 24.2 Å². The van der Waals surface area contributed by atoms with E-state index in [2.05, 4.69) is 17.5 Å². The maximum Gasteiger partial charge on any atom is 0.281 e. The lowest BCUT2D eigenvalue weighted by atomic mass is 10.0. The lowest BCUT2D eigenvalue weighted by Gasteiger charge is -2.07. The predicted octanol–water partition coefficient (Wildman–Crippen LogP) is 4.46. The second-order valence-corrected chi connectivity index (χ2v) is 5.75. The molecular weight excluding hydrogens is 280 g/mol. The summed E-state index contributed by atoms with van der Waals surface area (Å²) in [5.74, 6) is -0.145. The Kier molecular flexibility index (Phi) is 6.16. The number of carbonyl (C=O) groups is 1. The van der Waals surface area contributed by atoms with Crippen LogP contribution in [0.1, 0.15) is 47.8 Å². The minimum atomic E-state index is -0.145. The number of thiophene rings is 1. The van der Waals surface area contributed by atoms with Gasteiger partial charge in [0, 0.05) is 0 Å². The lowest BCUT2D eigenvalue weighted by molar-refractivity contribution is 0.0959. The van der Waals surface area contributed by atoms with E-state index >= 15 is 0 Å². The molecular formula is C17H20N2OS. The zero-order chi connectivity index (χ0) is 14.9. The van der Waals surface area contributed by atoms with Gasteiger partial charge < -0.3 is 0 Å². The van der Waals surface area contributed by atoms with Crippen molar-refractivity contribution in [2.75, 3.05) is 0 Å². The summed E-state index contributed by atoms with van der Waals surface area (Å²) in [4.78, 5) is 12.6. The zero-order valence-corrected chi connectivity index (χ0v) is 13.0. The average Bonchev–Trinajstić information content (AvgIpc) is 3.06. The van der Waals surface area contributed by atoms with Crippen LogP contribution in [0.3, 0.4) is 0 Å². The summed E-state index contributed by atoms with van der Waals surface area (Å²) in [5.41, 5.74) is 4.68. The third-order valence-corrected chi connectivity index (χ3v) is 4.03. The highest BCUT2D eigenvalue weighted by atomic mass is 32.1. The van der Waals surface area contributed by atoms with Crippen LogP contribution in [0.2, 0.25) is 0 Å². The van der Waals surface area contributed by atoms with Crippen LogP contribution in [0.4, 0.5) is 0 Å². The van der Waals surface area contributed by atoms with Gasteiger partial charge >= 0.3 is 0 Å². The molecule has 0 atom stereocenters. The minimum absolute atomic E-state index is 0.145. The smallest absolute Gasteiger partial charge is 0.266 e. The highest BCUT2D eigenvalue weighted by molar-refractivity contribution is 7.12. The summed E-state index contributed by atoms with van der Waals surface area (Å²) in [5, 5.41) is 6.23. The number of unbranched alkanes of at least 4 members (excludes halogenated alkanes) is 2. The SMILES string of the molecule is CCCCC/C(=N/NC(=O)c1cccs1)c1ccccc1. The first-order valence-corrected chi connectivity index (χ1v) is 8.15. The summed E-state index contributed by atoms with van der Waals surface area (Å²) in [6.07, 6.45) is 4.30. The molecule has 1 aromatic carbocycles. The zero-order valence-electron chi connectivity index (χ0n) is 12.2. The van der Waals surface area contributed by atoms with Crippen molar-refractivity contribution < 1.29 is 4.79 Å². The molecule has 2 aromatic rings. The van der Waals surface area contributed by atoms with E-state index in [1.54, 1.807) is 6.07 Å². The molecule has 4 heteroatoms. The predicted molar refractivity (Wildman–Crippen MR) is 88.9 cm³/mol. The Morgan fingerprint density at radius 2 is 1.95 bits per heavy atom. The van der Waals surface area contributed by atoms with Gasteiger partial charge in [0.05, 0.1) is 10.6 Å². The van der Waals surface area contributed by atoms with Gasteiger partial charge in [0.1, 0.15) is 0 Å². The first-order chi connectivity index (χ1) is 10.3. The molecule has 0 unspecified atom stereocenters. The van der Waals surface area contributed by atoms with Crippen LogP contribution < -0.4 is 5.43 Å². The Balaban J connectivity index is 2.07. The maximum atomic E-state index is 12.0. The van der Waals surface area contributed by atoms with E-state index in [9.17, 15) is 4.79 Å². The number of nitrogens with zero attached hydrogens (tertiary/aromatic N) is 1. The van der Waals surface area contributed by atoms with Crippen molar-refractivity contribution in [3.63, 3.8) is 0 Å². The van der Waals surface area contributed by atoms with Crippen molar-refractivity contribution in [3.8, 4) is 0 Å². The molecule has 0 bridgehead atoms. The summed E-state index contributed by atoms with van der Waals surface area (Å²) >= 11 is 1.42. The molecule has 2 rings (SSSR count). The average molecular weight is 300 g/mol. The fourth-order valence-electron chi connectivity index (χ4n) is 2.02. The van der Waals surface area contributed by atoms with Crippen molar-refractivity contribution in [2.45, 2.75) is 32.6 Å². The molecule has 0 saturated carbocycles. The van der Waals surface area contributed by atoms with E-state index in [4.69, 9.17) is 0 Å². The largest absolute Gasteiger partial charge is 0.281 e. The van der Waals surface area contributed by atoms with Crippen molar-refractivity contribution in [1.82, 2.24) is 5.43 Å². The molecule has 0 aliphatic rings. The van der Waals surface area contributed by atoms with E-state index < -0.39 is 0 Å². The normalized spacial score (nSPS) is 11.4. The van der Waals surface area contributed by atoms with Crippen molar-refractivity contribution in [3.05, 3.63) is 58.3 Å². The summed E-state index contributed by atoms with van der Waals surface area (Å²) < 4.78 is 0. The van der Waals surface area contributed by atoms with Gasteiger partial charge in [-0.3, -0.25) is 4.79 Å². The van der Waals surface area contributed by atoms with Crippen LogP contribution in [0.15, 0.2) is 52.9 Å². The van der Waals surface area contributed by atoms with Crippen molar-refractivity contribution >= 4 is 23.0 Å². The molecule has 1 N–H and O–H groups in total. The lowest BCUT2D eigenvalue weighted by Crippen LogP contribution is -2.19. The summed E-state index contributed by atoms with van der Waals surface area (Å²) in [7, 11) is 0. The van der Waals surface area contributed by atoms with Crippen LogP contribution in [0, 0.1) is 0 Å². The van der Waals surface area contributed by atoms with Crippen LogP contribution >= 0.6 is 11.3 Å². The van der Waals surface area contributed by atoms with Gasteiger partial charge in [-0.2, -0.15) is 5.10 Å². The first-order valence-electron chi connectivity index (χ1n) is 7.27.